The lowest BCUT2D eigenvalue weighted by atomic mass is 10.1. The van der Waals surface area contributed by atoms with Gasteiger partial charge < -0.3 is 5.84 Å². The summed E-state index contributed by atoms with van der Waals surface area (Å²) in [6, 6.07) is 13.4. The van der Waals surface area contributed by atoms with Gasteiger partial charge in [0.1, 0.15) is 22.1 Å². The molecule has 0 amide bonds. The fourth-order valence-corrected chi connectivity index (χ4v) is 5.79. The third-order valence-electron chi connectivity index (χ3n) is 5.28. The summed E-state index contributed by atoms with van der Waals surface area (Å²) in [5, 5.41) is 13.7. The van der Waals surface area contributed by atoms with Crippen LogP contribution in [0.25, 0.3) is 0 Å². The second-order valence-electron chi connectivity index (χ2n) is 8.19. The lowest BCUT2D eigenvalue weighted by molar-refractivity contribution is 0.103. The molecular formula is C22H23N7O5S2. The van der Waals surface area contributed by atoms with Gasteiger partial charge in [0.05, 0.1) is 6.20 Å². The molecule has 0 unspecified atom stereocenters. The number of H-pyrrole nitrogens is 1. The molecule has 0 spiro atoms. The summed E-state index contributed by atoms with van der Waals surface area (Å²) in [4.78, 5) is 12.5. The van der Waals surface area contributed by atoms with Gasteiger partial charge in [-0.3, -0.25) is 14.6 Å². The molecule has 0 saturated heterocycles. The van der Waals surface area contributed by atoms with Crippen LogP contribution in [0.15, 0.2) is 59.6 Å². The van der Waals surface area contributed by atoms with Crippen LogP contribution in [0.3, 0.4) is 0 Å². The van der Waals surface area contributed by atoms with Crippen LogP contribution in [-0.2, 0) is 31.4 Å². The highest BCUT2D eigenvalue weighted by Gasteiger charge is 2.29. The van der Waals surface area contributed by atoms with E-state index < -0.39 is 37.1 Å². The zero-order chi connectivity index (χ0) is 26.1. The SMILES string of the molecule is Cc1ccc(NS(=O)(=O)Cc2nnc(CS(=O)(=O)c3cn[nH]c3C(=O)c3ccc(C)cc3)n2N)cc1. The summed E-state index contributed by atoms with van der Waals surface area (Å²) in [5.41, 5.74) is 2.35. The van der Waals surface area contributed by atoms with E-state index >= 15 is 0 Å². The number of nitrogens with zero attached hydrogens (tertiary/aromatic N) is 4. The van der Waals surface area contributed by atoms with Gasteiger partial charge in [-0.25, -0.2) is 21.5 Å². The van der Waals surface area contributed by atoms with Gasteiger partial charge in [0.25, 0.3) is 0 Å². The molecule has 2 heterocycles. The molecule has 0 radical (unpaired) electrons. The Kier molecular flexibility index (Phi) is 6.65. The summed E-state index contributed by atoms with van der Waals surface area (Å²) in [6.07, 6.45) is 1.03. The first kappa shape index (κ1) is 25.1. The standard InChI is InChI=1S/C22H23N7O5S2/c1-14-3-7-16(8-4-14)22(30)21-18(11-24-27-21)35(31,32)12-19-25-26-20(29(19)23)13-36(33,34)28-17-9-5-15(2)6-10-17/h3-11,28H,12-13,23H2,1-2H3,(H,24,27). The van der Waals surface area contributed by atoms with Crippen LogP contribution in [0.4, 0.5) is 5.69 Å². The van der Waals surface area contributed by atoms with Crippen molar-refractivity contribution in [3.8, 4) is 0 Å². The number of hydrogen-bond acceptors (Lipinski definition) is 9. The molecule has 4 aromatic rings. The number of rotatable bonds is 9. The number of nitrogens with one attached hydrogen (secondary N) is 2. The van der Waals surface area contributed by atoms with Gasteiger partial charge in [0.15, 0.2) is 21.5 Å². The van der Waals surface area contributed by atoms with Crippen molar-refractivity contribution >= 4 is 31.3 Å². The summed E-state index contributed by atoms with van der Waals surface area (Å²) in [7, 11) is -8.06. The molecule has 0 bridgehead atoms. The molecule has 188 valence electrons. The molecule has 0 aliphatic heterocycles. The first-order chi connectivity index (χ1) is 16.9. The number of hydrogen-bond donors (Lipinski definition) is 3. The Bertz CT molecular complexity index is 1620. The number of carbonyl (C=O) groups is 1. The Hall–Kier alpha value is -4.04. The minimum Gasteiger partial charge on any atom is -0.336 e. The van der Waals surface area contributed by atoms with E-state index in [1.807, 2.05) is 13.8 Å². The summed E-state index contributed by atoms with van der Waals surface area (Å²) in [5.74, 6) is 3.66. The number of carbonyl (C=O) groups excluding carboxylic acids is 1. The number of sulfonamides is 1. The minimum absolute atomic E-state index is 0.164. The molecule has 0 aliphatic rings. The summed E-state index contributed by atoms with van der Waals surface area (Å²) < 4.78 is 54.5. The average molecular weight is 530 g/mol. The van der Waals surface area contributed by atoms with Crippen LogP contribution in [0.5, 0.6) is 0 Å². The molecule has 12 nitrogen and oxygen atoms in total. The largest absolute Gasteiger partial charge is 0.336 e. The van der Waals surface area contributed by atoms with Crippen molar-refractivity contribution in [2.24, 2.45) is 0 Å². The maximum absolute atomic E-state index is 13.1. The molecule has 14 heteroatoms. The molecule has 0 atom stereocenters. The van der Waals surface area contributed by atoms with Crippen molar-refractivity contribution in [1.82, 2.24) is 25.1 Å². The predicted octanol–water partition coefficient (Wildman–Crippen LogP) is 1.48. The average Bonchev–Trinajstić information content (AvgIpc) is 3.44. The third-order valence-corrected chi connectivity index (χ3v) is 8.08. The van der Waals surface area contributed by atoms with Crippen LogP contribution < -0.4 is 10.6 Å². The van der Waals surface area contributed by atoms with Crippen molar-refractivity contribution in [3.63, 3.8) is 0 Å². The van der Waals surface area contributed by atoms with E-state index in [-0.39, 0.29) is 27.8 Å². The van der Waals surface area contributed by atoms with Crippen LogP contribution in [0.1, 0.15) is 38.8 Å². The number of nitrogen functional groups attached to an aromatic ring is 1. The quantitative estimate of drug-likeness (QED) is 0.213. The van der Waals surface area contributed by atoms with Crippen molar-refractivity contribution < 1.29 is 21.6 Å². The van der Waals surface area contributed by atoms with Crippen molar-refractivity contribution in [2.45, 2.75) is 30.2 Å². The van der Waals surface area contributed by atoms with E-state index in [0.717, 1.165) is 22.0 Å². The Balaban J connectivity index is 1.53. The number of ketones is 1. The van der Waals surface area contributed by atoms with E-state index in [1.165, 1.54) is 0 Å². The number of sulfone groups is 1. The van der Waals surface area contributed by atoms with Crippen molar-refractivity contribution in [2.75, 3.05) is 10.6 Å². The number of anilines is 1. The van der Waals surface area contributed by atoms with E-state index in [4.69, 9.17) is 5.84 Å². The van der Waals surface area contributed by atoms with E-state index in [0.29, 0.717) is 5.69 Å². The molecule has 0 saturated carbocycles. The summed E-state index contributed by atoms with van der Waals surface area (Å²) in [6.45, 7) is 3.73. The molecule has 2 aromatic carbocycles. The van der Waals surface area contributed by atoms with Crippen molar-refractivity contribution in [1.29, 1.82) is 0 Å². The highest BCUT2D eigenvalue weighted by atomic mass is 32.2. The van der Waals surface area contributed by atoms with Gasteiger partial charge in [-0.2, -0.15) is 5.10 Å². The van der Waals surface area contributed by atoms with E-state index in [9.17, 15) is 21.6 Å². The van der Waals surface area contributed by atoms with Gasteiger partial charge in [0.2, 0.25) is 15.8 Å². The number of aromatic nitrogens is 5. The number of benzene rings is 2. The van der Waals surface area contributed by atoms with Crippen molar-refractivity contribution in [3.05, 3.63) is 88.8 Å². The fraction of sp³-hybridized carbons (Fsp3) is 0.182. The first-order valence-electron chi connectivity index (χ1n) is 10.6. The lowest BCUT2D eigenvalue weighted by Crippen LogP contribution is -2.23. The van der Waals surface area contributed by atoms with E-state index in [2.05, 4.69) is 25.1 Å². The number of aromatic amines is 1. The molecule has 4 N–H and O–H groups in total. The molecule has 2 aromatic heterocycles. The third kappa shape index (κ3) is 5.44. The van der Waals surface area contributed by atoms with Gasteiger partial charge in [-0.1, -0.05) is 47.5 Å². The zero-order valence-electron chi connectivity index (χ0n) is 19.3. The molecule has 0 fully saturated rings. The maximum Gasteiger partial charge on any atom is 0.240 e. The smallest absolute Gasteiger partial charge is 0.240 e. The van der Waals surface area contributed by atoms with Crippen LogP contribution >= 0.6 is 0 Å². The van der Waals surface area contributed by atoms with Gasteiger partial charge in [0, 0.05) is 11.3 Å². The van der Waals surface area contributed by atoms with Gasteiger partial charge in [-0.15, -0.1) is 10.2 Å². The van der Waals surface area contributed by atoms with E-state index in [1.54, 1.807) is 48.5 Å². The van der Waals surface area contributed by atoms with Crippen LogP contribution in [0, 0.1) is 13.8 Å². The monoisotopic (exact) mass is 529 g/mol. The van der Waals surface area contributed by atoms with Crippen LogP contribution in [0.2, 0.25) is 0 Å². The zero-order valence-corrected chi connectivity index (χ0v) is 21.0. The Labute approximate surface area is 207 Å². The predicted molar refractivity (Wildman–Crippen MR) is 132 cm³/mol. The number of aryl methyl sites for hydroxylation is 2. The Morgan fingerprint density at radius 2 is 1.47 bits per heavy atom. The second-order valence-corrected chi connectivity index (χ2v) is 11.9. The first-order valence-corrected chi connectivity index (χ1v) is 13.9. The topological polar surface area (TPSA) is 183 Å². The van der Waals surface area contributed by atoms with Crippen LogP contribution in [-0.4, -0.2) is 47.7 Å². The minimum atomic E-state index is -4.15. The molecule has 0 aliphatic carbocycles. The molecule has 4 rings (SSSR count). The highest BCUT2D eigenvalue weighted by molar-refractivity contribution is 7.92. The molecular weight excluding hydrogens is 506 g/mol. The number of nitrogens with two attached hydrogens (primary N) is 1. The Morgan fingerprint density at radius 3 is 2.08 bits per heavy atom. The van der Waals surface area contributed by atoms with Gasteiger partial charge >= 0.3 is 0 Å². The second kappa shape index (κ2) is 9.54. The normalized spacial score (nSPS) is 11.9. The highest BCUT2D eigenvalue weighted by Crippen LogP contribution is 2.21. The van der Waals surface area contributed by atoms with Gasteiger partial charge in [-0.05, 0) is 26.0 Å². The molecule has 36 heavy (non-hydrogen) atoms. The summed E-state index contributed by atoms with van der Waals surface area (Å²) >= 11 is 0. The fourth-order valence-electron chi connectivity index (χ4n) is 3.34. The maximum atomic E-state index is 13.1. The lowest BCUT2D eigenvalue weighted by Gasteiger charge is -2.09. The Morgan fingerprint density at radius 1 is 0.917 bits per heavy atom.